The Balaban J connectivity index is 0.000000920. The molecule has 2 N–H and O–H groups in total. The molecule has 2 rings (SSSR count). The Kier molecular flexibility index (Phi) is 9.92. The molecule has 1 heterocycles. The summed E-state index contributed by atoms with van der Waals surface area (Å²) in [6, 6.07) is 7.87. The number of nitrogens with two attached hydrogens (primary N) is 1. The summed E-state index contributed by atoms with van der Waals surface area (Å²) >= 11 is 5.95. The highest BCUT2D eigenvalue weighted by atomic mass is 35.5. The van der Waals surface area contributed by atoms with E-state index in [0.29, 0.717) is 6.54 Å². The number of pyridine rings is 1. The number of rotatable bonds is 7. The maximum absolute atomic E-state index is 11.9. The van der Waals surface area contributed by atoms with Gasteiger partial charge in [-0.1, -0.05) is 11.6 Å². The van der Waals surface area contributed by atoms with Gasteiger partial charge in [-0.25, -0.2) is 18.4 Å². The summed E-state index contributed by atoms with van der Waals surface area (Å²) in [5.74, 6) is -0.384. The topological polar surface area (TPSA) is 99.6 Å². The Morgan fingerprint density at radius 2 is 1.62 bits per heavy atom. The first-order valence-electron chi connectivity index (χ1n) is 9.03. The first kappa shape index (κ1) is 27.7. The SMILES string of the molecule is Cc1cc(C)[n+](CCOC(=O)COc2ccc(S(N)(=O)=O)cc2Cl)c(C)c1.F[B-](F)(F)F. The Labute approximate surface area is 188 Å². The molecule has 1 aromatic carbocycles. The fourth-order valence-electron chi connectivity index (χ4n) is 2.69. The van der Waals surface area contributed by atoms with Gasteiger partial charge >= 0.3 is 13.2 Å². The summed E-state index contributed by atoms with van der Waals surface area (Å²) in [5, 5.41) is 5.06. The molecular weight excluding hydrogens is 479 g/mol. The van der Waals surface area contributed by atoms with Gasteiger partial charge in [0.25, 0.3) is 0 Å². The predicted octanol–water partition coefficient (Wildman–Crippen LogP) is 3.12. The number of primary sulfonamides is 1. The van der Waals surface area contributed by atoms with Crippen LogP contribution in [-0.2, 0) is 26.1 Å². The first-order valence-corrected chi connectivity index (χ1v) is 11.0. The second kappa shape index (κ2) is 11.5. The number of benzene rings is 1. The highest BCUT2D eigenvalue weighted by Crippen LogP contribution is 2.26. The molecule has 32 heavy (non-hydrogen) atoms. The van der Waals surface area contributed by atoms with Gasteiger partial charge in [-0.2, -0.15) is 4.57 Å². The van der Waals surface area contributed by atoms with E-state index in [1.165, 1.54) is 17.7 Å². The zero-order valence-electron chi connectivity index (χ0n) is 17.4. The van der Waals surface area contributed by atoms with Gasteiger partial charge in [0.2, 0.25) is 10.0 Å². The average molecular weight is 501 g/mol. The molecule has 0 aliphatic rings. The summed E-state index contributed by atoms with van der Waals surface area (Å²) in [4.78, 5) is 11.7. The van der Waals surface area contributed by atoms with E-state index < -0.39 is 23.2 Å². The number of aromatic nitrogens is 1. The van der Waals surface area contributed by atoms with Crippen LogP contribution in [0.2, 0.25) is 5.02 Å². The van der Waals surface area contributed by atoms with Crippen molar-refractivity contribution in [3.63, 3.8) is 0 Å². The van der Waals surface area contributed by atoms with Crippen LogP contribution in [0.25, 0.3) is 0 Å². The van der Waals surface area contributed by atoms with Crippen molar-refractivity contribution < 1.29 is 44.5 Å². The van der Waals surface area contributed by atoms with E-state index in [2.05, 4.69) is 16.7 Å². The lowest BCUT2D eigenvalue weighted by Gasteiger charge is -2.09. The van der Waals surface area contributed by atoms with E-state index in [9.17, 15) is 30.5 Å². The van der Waals surface area contributed by atoms with E-state index in [1.54, 1.807) is 0 Å². The van der Waals surface area contributed by atoms with Crippen molar-refractivity contribution in [2.24, 2.45) is 5.14 Å². The molecule has 178 valence electrons. The fourth-order valence-corrected chi connectivity index (χ4v) is 3.53. The van der Waals surface area contributed by atoms with Crippen molar-refractivity contribution in [2.75, 3.05) is 13.2 Å². The molecule has 1 aromatic heterocycles. The molecule has 0 aliphatic heterocycles. The normalized spacial score (nSPS) is 11.4. The van der Waals surface area contributed by atoms with E-state index in [1.807, 2.05) is 20.8 Å². The largest absolute Gasteiger partial charge is 0.673 e. The van der Waals surface area contributed by atoms with E-state index >= 15 is 0 Å². The third kappa shape index (κ3) is 10.3. The minimum atomic E-state index is -6.00. The monoisotopic (exact) mass is 500 g/mol. The van der Waals surface area contributed by atoms with Crippen LogP contribution in [0.1, 0.15) is 17.0 Å². The predicted molar refractivity (Wildman–Crippen MR) is 110 cm³/mol. The van der Waals surface area contributed by atoms with Crippen molar-refractivity contribution in [2.45, 2.75) is 32.2 Å². The van der Waals surface area contributed by atoms with Crippen LogP contribution in [-0.4, -0.2) is 34.9 Å². The van der Waals surface area contributed by atoms with Crippen LogP contribution in [0.5, 0.6) is 5.75 Å². The summed E-state index contributed by atoms with van der Waals surface area (Å²) < 4.78 is 74.1. The smallest absolute Gasteiger partial charge is 0.480 e. The third-order valence-corrected chi connectivity index (χ3v) is 5.09. The second-order valence-corrected chi connectivity index (χ2v) is 8.58. The third-order valence-electron chi connectivity index (χ3n) is 3.88. The number of carbonyl (C=O) groups is 1. The van der Waals surface area contributed by atoms with Crippen LogP contribution in [0.15, 0.2) is 35.2 Å². The molecule has 0 bridgehead atoms. The van der Waals surface area contributed by atoms with Gasteiger partial charge in [0, 0.05) is 26.0 Å². The highest BCUT2D eigenvalue weighted by Gasteiger charge is 2.20. The van der Waals surface area contributed by atoms with Gasteiger partial charge in [-0.3, -0.25) is 0 Å². The number of ether oxygens (including phenoxy) is 2. The lowest BCUT2D eigenvalue weighted by atomic mass is 10.2. The van der Waals surface area contributed by atoms with Crippen LogP contribution in [0.4, 0.5) is 17.3 Å². The summed E-state index contributed by atoms with van der Waals surface area (Å²) in [5.41, 5.74) is 3.35. The molecular formula is C18H22BClF4N2O5S. The van der Waals surface area contributed by atoms with Crippen molar-refractivity contribution in [3.8, 4) is 5.75 Å². The highest BCUT2D eigenvalue weighted by molar-refractivity contribution is 7.89. The van der Waals surface area contributed by atoms with Crippen molar-refractivity contribution in [3.05, 3.63) is 52.3 Å². The van der Waals surface area contributed by atoms with E-state index in [0.717, 1.165) is 17.5 Å². The van der Waals surface area contributed by atoms with Gasteiger partial charge in [0.1, 0.15) is 5.75 Å². The minimum Gasteiger partial charge on any atom is -0.480 e. The van der Waals surface area contributed by atoms with Gasteiger partial charge in [0.05, 0.1) is 9.92 Å². The Hall–Kier alpha value is -2.38. The van der Waals surface area contributed by atoms with Crippen LogP contribution in [0.3, 0.4) is 0 Å². The van der Waals surface area contributed by atoms with Gasteiger partial charge < -0.3 is 26.7 Å². The number of halogens is 5. The standard InChI is InChI=1S/C18H22ClN2O5S.BF4/c1-12-8-13(2)21(14(3)9-12)6-7-25-18(22)11-26-17-5-4-15(10-16(17)19)27(20,23)24;2-1(3,4)5/h4-5,8-10H,6-7,11H2,1-3H3,(H2,20,23,24);/q+1;-1. The zero-order chi connectivity index (χ0) is 24.7. The molecule has 0 atom stereocenters. The lowest BCUT2D eigenvalue weighted by Crippen LogP contribution is -2.42. The Bertz CT molecular complexity index is 1040. The molecule has 0 radical (unpaired) electrons. The lowest BCUT2D eigenvalue weighted by molar-refractivity contribution is -0.709. The van der Waals surface area contributed by atoms with Crippen molar-refractivity contribution >= 4 is 34.8 Å². The van der Waals surface area contributed by atoms with Gasteiger partial charge in [0.15, 0.2) is 31.1 Å². The van der Waals surface area contributed by atoms with Crippen molar-refractivity contribution in [1.82, 2.24) is 0 Å². The maximum Gasteiger partial charge on any atom is 0.673 e. The molecule has 0 spiro atoms. The summed E-state index contributed by atoms with van der Waals surface area (Å²) in [6.07, 6.45) is 0. The quantitative estimate of drug-likeness (QED) is 0.273. The van der Waals surface area contributed by atoms with Crippen LogP contribution >= 0.6 is 11.6 Å². The maximum atomic E-state index is 11.9. The number of sulfonamides is 1. The number of nitrogens with zero attached hydrogens (tertiary/aromatic N) is 1. The molecule has 7 nitrogen and oxygen atoms in total. The molecule has 14 heteroatoms. The number of aryl methyl sites for hydroxylation is 3. The fraction of sp³-hybridized carbons (Fsp3) is 0.333. The number of carbonyl (C=O) groups excluding carboxylic acids is 1. The van der Waals surface area contributed by atoms with Crippen LogP contribution in [0, 0.1) is 20.8 Å². The Morgan fingerprint density at radius 3 is 2.09 bits per heavy atom. The molecule has 2 aromatic rings. The summed E-state index contributed by atoms with van der Waals surface area (Å²) in [6.45, 7) is 6.42. The molecule has 0 saturated heterocycles. The Morgan fingerprint density at radius 1 is 1.09 bits per heavy atom. The number of esters is 1. The molecule has 0 amide bonds. The van der Waals surface area contributed by atoms with E-state index in [4.69, 9.17) is 26.2 Å². The summed E-state index contributed by atoms with van der Waals surface area (Å²) in [7, 11) is -9.86. The van der Waals surface area contributed by atoms with Crippen molar-refractivity contribution in [1.29, 1.82) is 0 Å². The van der Waals surface area contributed by atoms with E-state index in [-0.39, 0.29) is 28.9 Å². The second-order valence-electron chi connectivity index (χ2n) is 6.61. The molecule has 0 saturated carbocycles. The van der Waals surface area contributed by atoms with Crippen LogP contribution < -0.4 is 14.4 Å². The molecule has 0 fully saturated rings. The molecule has 0 unspecified atom stereocenters. The molecule has 0 aliphatic carbocycles. The number of hydrogen-bond acceptors (Lipinski definition) is 5. The average Bonchev–Trinajstić information content (AvgIpc) is 2.60. The van der Waals surface area contributed by atoms with Gasteiger partial charge in [-0.05, 0) is 30.7 Å². The zero-order valence-corrected chi connectivity index (χ0v) is 19.0. The van der Waals surface area contributed by atoms with Gasteiger partial charge in [-0.15, -0.1) is 0 Å². The minimum absolute atomic E-state index is 0.0378. The number of hydrogen-bond donors (Lipinski definition) is 1. The first-order chi connectivity index (χ1) is 14.6.